The van der Waals surface area contributed by atoms with Gasteiger partial charge in [0.2, 0.25) is 0 Å². The predicted molar refractivity (Wildman–Crippen MR) is 54.5 cm³/mol. The fraction of sp³-hybridized carbons (Fsp3) is 0.455. The maximum Gasteiger partial charge on any atom is 0.126 e. The molecule has 1 rings (SSSR count). The molecule has 0 heterocycles. The first kappa shape index (κ1) is 11.1. The van der Waals surface area contributed by atoms with Crippen LogP contribution in [0.3, 0.4) is 0 Å². The highest BCUT2D eigenvalue weighted by Gasteiger charge is 2.05. The van der Waals surface area contributed by atoms with Gasteiger partial charge in [-0.1, -0.05) is 12.1 Å². The summed E-state index contributed by atoms with van der Waals surface area (Å²) in [6.07, 6.45) is 0.569. The molecule has 2 nitrogen and oxygen atoms in total. The van der Waals surface area contributed by atoms with Gasteiger partial charge in [-0.15, -0.1) is 0 Å². The van der Waals surface area contributed by atoms with Crippen LogP contribution in [0.2, 0.25) is 0 Å². The van der Waals surface area contributed by atoms with Gasteiger partial charge >= 0.3 is 0 Å². The molecular weight excluding hydrogens is 181 g/mol. The van der Waals surface area contributed by atoms with Gasteiger partial charge in [-0.05, 0) is 30.5 Å². The van der Waals surface area contributed by atoms with E-state index < -0.39 is 0 Å². The maximum absolute atomic E-state index is 13.4. The fourth-order valence-corrected chi connectivity index (χ4v) is 1.36. The third-order valence-electron chi connectivity index (χ3n) is 1.97. The van der Waals surface area contributed by atoms with E-state index in [1.165, 1.54) is 6.07 Å². The Kier molecular flexibility index (Phi) is 4.04. The van der Waals surface area contributed by atoms with Gasteiger partial charge in [0.25, 0.3) is 0 Å². The molecule has 0 aliphatic rings. The molecule has 3 heteroatoms. The topological polar surface area (TPSA) is 35.2 Å². The summed E-state index contributed by atoms with van der Waals surface area (Å²) in [5, 5.41) is 0. The van der Waals surface area contributed by atoms with Crippen LogP contribution in [0.4, 0.5) is 4.39 Å². The molecule has 1 atom stereocenters. The second-order valence-electron chi connectivity index (χ2n) is 3.54. The molecule has 1 aromatic carbocycles. The number of methoxy groups -OCH3 is 1. The van der Waals surface area contributed by atoms with Gasteiger partial charge in [-0.25, -0.2) is 4.39 Å². The summed E-state index contributed by atoms with van der Waals surface area (Å²) in [7, 11) is 1.59. The van der Waals surface area contributed by atoms with Crippen molar-refractivity contribution in [2.24, 2.45) is 5.73 Å². The predicted octanol–water partition coefficient (Wildman–Crippen LogP) is 1.86. The van der Waals surface area contributed by atoms with E-state index in [0.717, 1.165) is 5.56 Å². The second kappa shape index (κ2) is 5.08. The number of nitrogens with two attached hydrogens (primary N) is 1. The van der Waals surface area contributed by atoms with Gasteiger partial charge in [0.15, 0.2) is 0 Å². The zero-order valence-electron chi connectivity index (χ0n) is 8.59. The van der Waals surface area contributed by atoms with Crippen molar-refractivity contribution in [1.82, 2.24) is 0 Å². The van der Waals surface area contributed by atoms with E-state index in [4.69, 9.17) is 10.5 Å². The van der Waals surface area contributed by atoms with E-state index in [2.05, 4.69) is 0 Å². The van der Waals surface area contributed by atoms with Crippen LogP contribution in [0.5, 0.6) is 0 Å². The van der Waals surface area contributed by atoms with E-state index in [1.54, 1.807) is 13.2 Å². The Labute approximate surface area is 83.9 Å². The molecule has 0 amide bonds. The Hall–Kier alpha value is -0.930. The zero-order valence-corrected chi connectivity index (χ0v) is 8.59. The van der Waals surface area contributed by atoms with E-state index >= 15 is 0 Å². The summed E-state index contributed by atoms with van der Waals surface area (Å²) in [6.45, 7) is 2.30. The Morgan fingerprint density at radius 3 is 2.71 bits per heavy atom. The Morgan fingerprint density at radius 1 is 1.50 bits per heavy atom. The van der Waals surface area contributed by atoms with Crippen molar-refractivity contribution in [2.75, 3.05) is 7.11 Å². The Bertz CT molecular complexity index is 299. The summed E-state index contributed by atoms with van der Waals surface area (Å²) >= 11 is 0. The van der Waals surface area contributed by atoms with E-state index in [9.17, 15) is 4.39 Å². The van der Waals surface area contributed by atoms with Crippen molar-refractivity contribution in [1.29, 1.82) is 0 Å². The SMILES string of the molecule is COCc1ccc(CC(C)N)c(F)c1. The molecule has 0 fully saturated rings. The summed E-state index contributed by atoms with van der Waals surface area (Å²) in [5.41, 5.74) is 7.11. The first-order valence-electron chi connectivity index (χ1n) is 4.65. The number of hydrogen-bond donors (Lipinski definition) is 1. The van der Waals surface area contributed by atoms with Gasteiger partial charge in [0, 0.05) is 13.2 Å². The highest BCUT2D eigenvalue weighted by molar-refractivity contribution is 5.24. The minimum atomic E-state index is -0.197. The van der Waals surface area contributed by atoms with E-state index in [1.807, 2.05) is 13.0 Å². The number of ether oxygens (including phenoxy) is 1. The highest BCUT2D eigenvalue weighted by Crippen LogP contribution is 2.12. The molecule has 2 N–H and O–H groups in total. The molecule has 0 aliphatic carbocycles. The number of halogens is 1. The minimum Gasteiger partial charge on any atom is -0.380 e. The first-order valence-corrected chi connectivity index (χ1v) is 4.65. The van der Waals surface area contributed by atoms with Crippen molar-refractivity contribution in [3.05, 3.63) is 35.1 Å². The van der Waals surface area contributed by atoms with Crippen LogP contribution in [0, 0.1) is 5.82 Å². The largest absolute Gasteiger partial charge is 0.380 e. The molecule has 0 saturated carbocycles. The van der Waals surface area contributed by atoms with Crippen molar-refractivity contribution < 1.29 is 9.13 Å². The van der Waals surface area contributed by atoms with Crippen LogP contribution in [0.1, 0.15) is 18.1 Å². The monoisotopic (exact) mass is 197 g/mol. The Balaban J connectivity index is 2.79. The van der Waals surface area contributed by atoms with Crippen molar-refractivity contribution in [2.45, 2.75) is 26.0 Å². The molecule has 0 saturated heterocycles. The lowest BCUT2D eigenvalue weighted by Crippen LogP contribution is -2.18. The Morgan fingerprint density at radius 2 is 2.21 bits per heavy atom. The zero-order chi connectivity index (χ0) is 10.6. The molecule has 0 aliphatic heterocycles. The van der Waals surface area contributed by atoms with Crippen molar-refractivity contribution in [3.63, 3.8) is 0 Å². The van der Waals surface area contributed by atoms with Gasteiger partial charge in [-0.2, -0.15) is 0 Å². The van der Waals surface area contributed by atoms with Gasteiger partial charge in [-0.3, -0.25) is 0 Å². The summed E-state index contributed by atoms with van der Waals surface area (Å²) < 4.78 is 18.3. The van der Waals surface area contributed by atoms with Crippen LogP contribution in [0.15, 0.2) is 18.2 Å². The fourth-order valence-electron chi connectivity index (χ4n) is 1.36. The maximum atomic E-state index is 13.4. The van der Waals surface area contributed by atoms with Crippen molar-refractivity contribution >= 4 is 0 Å². The molecule has 0 aromatic heterocycles. The van der Waals surface area contributed by atoms with Crippen LogP contribution < -0.4 is 5.73 Å². The lowest BCUT2D eigenvalue weighted by Gasteiger charge is -2.07. The number of hydrogen-bond acceptors (Lipinski definition) is 2. The molecule has 14 heavy (non-hydrogen) atoms. The lowest BCUT2D eigenvalue weighted by atomic mass is 10.1. The third kappa shape index (κ3) is 3.09. The molecular formula is C11H16FNO. The average Bonchev–Trinajstić information content (AvgIpc) is 2.10. The lowest BCUT2D eigenvalue weighted by molar-refractivity contribution is 0.184. The van der Waals surface area contributed by atoms with E-state index in [-0.39, 0.29) is 11.9 Å². The molecule has 1 unspecified atom stereocenters. The highest BCUT2D eigenvalue weighted by atomic mass is 19.1. The summed E-state index contributed by atoms with van der Waals surface area (Å²) in [6, 6.07) is 5.12. The summed E-state index contributed by atoms with van der Waals surface area (Å²) in [5.74, 6) is -0.197. The van der Waals surface area contributed by atoms with Crippen LogP contribution in [-0.4, -0.2) is 13.2 Å². The number of benzene rings is 1. The quantitative estimate of drug-likeness (QED) is 0.799. The smallest absolute Gasteiger partial charge is 0.126 e. The van der Waals surface area contributed by atoms with Crippen LogP contribution in [-0.2, 0) is 17.8 Å². The van der Waals surface area contributed by atoms with Gasteiger partial charge in [0.1, 0.15) is 5.82 Å². The van der Waals surface area contributed by atoms with Crippen LogP contribution in [0.25, 0.3) is 0 Å². The summed E-state index contributed by atoms with van der Waals surface area (Å²) in [4.78, 5) is 0. The van der Waals surface area contributed by atoms with Crippen molar-refractivity contribution in [3.8, 4) is 0 Å². The molecule has 0 bridgehead atoms. The van der Waals surface area contributed by atoms with Gasteiger partial charge < -0.3 is 10.5 Å². The molecule has 78 valence electrons. The number of rotatable bonds is 4. The average molecular weight is 197 g/mol. The minimum absolute atomic E-state index is 0.0159. The third-order valence-corrected chi connectivity index (χ3v) is 1.97. The molecule has 0 spiro atoms. The normalized spacial score (nSPS) is 12.9. The second-order valence-corrected chi connectivity index (χ2v) is 3.54. The first-order chi connectivity index (χ1) is 6.63. The van der Waals surface area contributed by atoms with E-state index in [0.29, 0.717) is 18.6 Å². The van der Waals surface area contributed by atoms with Crippen LogP contribution >= 0.6 is 0 Å². The van der Waals surface area contributed by atoms with Gasteiger partial charge in [0.05, 0.1) is 6.61 Å². The standard InChI is InChI=1S/C11H16FNO/c1-8(13)5-10-4-3-9(7-14-2)6-11(10)12/h3-4,6,8H,5,7,13H2,1-2H3. The molecule has 1 aromatic rings. The molecule has 0 radical (unpaired) electrons.